The zero-order chi connectivity index (χ0) is 98.3. The van der Waals surface area contributed by atoms with Gasteiger partial charge in [-0.15, -0.1) is 0 Å². The molecule has 21 aliphatic heterocycles. The fourth-order valence-corrected chi connectivity index (χ4v) is 21.8. The van der Waals surface area contributed by atoms with E-state index in [9.17, 15) is 166 Å². The van der Waals surface area contributed by atoms with E-state index in [1.165, 1.54) is 0 Å². The maximum atomic E-state index is 13.5. The summed E-state index contributed by atoms with van der Waals surface area (Å²) in [5, 5.41) is 238. The van der Waals surface area contributed by atoms with Gasteiger partial charge in [0.1, 0.15) is 171 Å². The maximum absolute atomic E-state index is 13.5. The van der Waals surface area contributed by atoms with Crippen molar-refractivity contribution in [2.24, 2.45) is 0 Å². The highest BCUT2D eigenvalue weighted by atomic mass is 32.2. The van der Waals surface area contributed by atoms with Gasteiger partial charge < -0.3 is 174 Å². The van der Waals surface area contributed by atoms with E-state index in [0.717, 1.165) is 0 Å². The lowest BCUT2D eigenvalue weighted by molar-refractivity contribution is -0.395. The van der Waals surface area contributed by atoms with Crippen LogP contribution in [0.2, 0.25) is 0 Å². The molecule has 21 N–H and O–H groups in total. The van der Waals surface area contributed by atoms with Crippen LogP contribution in [0.4, 0.5) is 0 Å². The van der Waals surface area contributed by atoms with Crippen LogP contribution in [0.3, 0.4) is 0 Å². The number of unbranched alkanes of at least 4 members (excludes halogenated alkanes) is 7. The molecule has 0 aromatic heterocycles. The normalized spacial score (nSPS) is 37.9. The van der Waals surface area contributed by atoms with E-state index < -0.39 is 419 Å². The summed E-state index contributed by atoms with van der Waals surface area (Å²) in [7, 11) is -33.7. The molecule has 0 aliphatic carbocycles. The summed E-state index contributed by atoms with van der Waals surface area (Å²) in [6.07, 6.45) is -92.0. The number of hydrogen-bond donors (Lipinski definition) is 21. The van der Waals surface area contributed by atoms with E-state index in [1.54, 1.807) is 0 Å². The Bertz CT molecular complexity index is 3520. The molecule has 0 amide bonds. The Morgan fingerprint density at radius 1 is 0.158 bits per heavy atom. The zero-order valence-electron chi connectivity index (χ0n) is 71.5. The Labute approximate surface area is 766 Å². The van der Waals surface area contributed by atoms with E-state index in [0.29, 0.717) is 0 Å². The fraction of sp³-hybridized carbons (Fsp3) is 1.00. The number of hydrogen-bond acceptors (Lipinski definition) is 56. The largest absolute Gasteiger partial charge is 0.396 e. The first-order chi connectivity index (χ1) is 62.6. The van der Waals surface area contributed by atoms with Gasteiger partial charge >= 0.3 is 0 Å². The molecule has 21 aliphatic rings. The molecule has 35 atom stereocenters. The second-order valence-electron chi connectivity index (χ2n) is 32.2. The summed E-state index contributed by atoms with van der Waals surface area (Å²) in [4.78, 5) is 0. The van der Waals surface area contributed by atoms with Crippen LogP contribution in [0.25, 0.3) is 0 Å². The summed E-state index contributed by atoms with van der Waals surface area (Å²) in [5.74, 6) is -6.03. The molecular weight excluding hydrogens is 1960 g/mol. The SMILES string of the molecule is O=S(=O)(CCCCO)OC[C@H]1O[C@@H]2O[C@H]3[C@H](O)[C@@H](O)[C@@H](O[C@H]4[C@H](O)[C@@H](O)[C@@H](O[C@H]5[C@H](O)[C@@H](O)[C@@H](O[C@H]6[C@H](O)[C@@H](O)[C@@H](O[C@H]7[C@H](O)[C@@H](O)[C@@H](O[C@H]8[C@H](O)[C@@H](O)[C@@H](O[C@H]1[C@H](O)[C@H]2O)O[C@@H]8COS(=O)(=O)CCCCO)O[C@@H]7COS(=O)(=O)CCCCO)O[C@@H]6COS(=O)(=O)CCCCO)O[C@@H]5COS(=O)(=O)CCCCO)O[C@@H]4COS(=O)(=O)CCCCO)O[C@@H]3COS(=O)(=O)CCCCO. The molecule has 21 saturated heterocycles. The van der Waals surface area contributed by atoms with Crippen LogP contribution in [0.5, 0.6) is 0 Å². The van der Waals surface area contributed by atoms with Crippen LogP contribution < -0.4 is 0 Å². The summed E-state index contributed by atoms with van der Waals surface area (Å²) < 4.78 is 311. The van der Waals surface area contributed by atoms with Crippen LogP contribution >= 0.6 is 0 Å². The van der Waals surface area contributed by atoms with Crippen LogP contribution in [0.15, 0.2) is 0 Å². The minimum absolute atomic E-state index is 0.134. The van der Waals surface area contributed by atoms with E-state index >= 15 is 0 Å². The molecule has 0 radical (unpaired) electrons. The highest BCUT2D eigenvalue weighted by Gasteiger charge is 2.61. The molecule has 0 spiro atoms. The van der Waals surface area contributed by atoms with Crippen molar-refractivity contribution in [1.82, 2.24) is 0 Å². The van der Waals surface area contributed by atoms with Crippen LogP contribution in [0, 0.1) is 0 Å². The minimum atomic E-state index is -4.81. The number of ether oxygens (including phenoxy) is 14. The maximum Gasteiger partial charge on any atom is 0.267 e. The van der Waals surface area contributed by atoms with Gasteiger partial charge in [-0.25, -0.2) is 0 Å². The Hall–Kier alpha value is -2.03. The van der Waals surface area contributed by atoms with Gasteiger partial charge in [0.2, 0.25) is 0 Å². The van der Waals surface area contributed by atoms with Crippen molar-refractivity contribution in [1.29, 1.82) is 0 Å². The van der Waals surface area contributed by atoms with Gasteiger partial charge in [0, 0.05) is 46.2 Å². The lowest BCUT2D eigenvalue weighted by Crippen LogP contribution is -2.68. The second-order valence-corrected chi connectivity index (χ2v) is 44.5. The van der Waals surface area contributed by atoms with Gasteiger partial charge in [-0.1, -0.05) is 0 Å². The molecule has 56 nitrogen and oxygen atoms in total. The summed E-state index contributed by atoms with van der Waals surface area (Å²) >= 11 is 0. The molecule has 63 heteroatoms. The molecule has 21 fully saturated rings. The van der Waals surface area contributed by atoms with Crippen LogP contribution in [-0.2, 0) is 166 Å². The Morgan fingerprint density at radius 3 is 0.361 bits per heavy atom. The van der Waals surface area contributed by atoms with E-state index in [-0.39, 0.29) is 89.9 Å². The van der Waals surface area contributed by atoms with Gasteiger partial charge in [0.25, 0.3) is 70.8 Å². The molecule has 0 aromatic rings. The molecule has 784 valence electrons. The Morgan fingerprint density at radius 2 is 0.263 bits per heavy atom. The van der Waals surface area contributed by atoms with E-state index in [2.05, 4.69) is 0 Å². The predicted octanol–water partition coefficient (Wildman–Crippen LogP) is -14.3. The van der Waals surface area contributed by atoms with Gasteiger partial charge in [-0.2, -0.15) is 58.9 Å². The fourth-order valence-electron chi connectivity index (χ4n) is 14.7. The summed E-state index contributed by atoms with van der Waals surface area (Å²) in [6.45, 7) is -13.4. The number of aliphatic hydroxyl groups excluding tert-OH is 21. The monoisotopic (exact) mass is 2090 g/mol. The minimum Gasteiger partial charge on any atom is -0.396 e. The standard InChI is InChI=1S/C70H126O56S7/c71-15-1-8-22-127(92,93)106-29-36-57-43(78)50(85)64(113-36)121-58-37(30-107-128(94,95)23-9-2-16-72)115-66(52(87)45(58)80)123-60-39(32-109-130(98,99)25-11-4-18-74)117-68(54(89)47(60)82)125-62-41(34-111-132(102,103)27-13-6-20-76)119-70(56(91)49(62)84)126-63-42(35-112-133(104,105)28-14-7-21-77)118-69(55(90)48(63)83)124-61-40(33-110-131(100,101)26-12-5-19-75)116-67(53(88)46(61)81)122-59-38(114-65(120-57)51(86)44(59)79)31-108-129(96,97)24-10-3-17-73/h36-91H,1-35H2/t36-,37-,38-,39-,40-,41-,42-,43-,44-,45-,46-,47-,48-,49-,50-,51-,52-,53-,54-,55-,56-,57-,58-,59-,60-,61-,62-,63-,64-,65-,66-,67-,68-,69-,70-/m1/s1. The van der Waals surface area contributed by atoms with Crippen molar-refractivity contribution in [3.05, 3.63) is 0 Å². The van der Waals surface area contributed by atoms with E-state index in [1.807, 2.05) is 0 Å². The molecule has 21 rings (SSSR count). The Balaban J connectivity index is 1.30. The number of rotatable bonds is 49. The van der Waals surface area contributed by atoms with Crippen molar-refractivity contribution in [3.8, 4) is 0 Å². The van der Waals surface area contributed by atoms with Gasteiger partial charge in [-0.3, -0.25) is 29.3 Å². The smallest absolute Gasteiger partial charge is 0.267 e. The first-order valence-electron chi connectivity index (χ1n) is 42.7. The lowest BCUT2D eigenvalue weighted by Gasteiger charge is -2.50. The van der Waals surface area contributed by atoms with Crippen molar-refractivity contribution < 1.29 is 262 Å². The first-order valence-corrected chi connectivity index (χ1v) is 53.7. The van der Waals surface area contributed by atoms with Gasteiger partial charge in [0.15, 0.2) is 44.0 Å². The van der Waals surface area contributed by atoms with Gasteiger partial charge in [-0.05, 0) is 89.9 Å². The highest BCUT2D eigenvalue weighted by molar-refractivity contribution is 7.88. The molecule has 14 bridgehead atoms. The van der Waals surface area contributed by atoms with Crippen molar-refractivity contribution >= 4 is 70.8 Å². The Kier molecular flexibility index (Phi) is 46.8. The average Bonchev–Trinajstić information content (AvgIpc) is 0.823. The number of aliphatic hydroxyl groups is 21. The zero-order valence-corrected chi connectivity index (χ0v) is 77.2. The first kappa shape index (κ1) is 116. The molecular formula is C70H126O56S7. The molecule has 133 heavy (non-hydrogen) atoms. The predicted molar refractivity (Wildman–Crippen MR) is 431 cm³/mol. The topological polar surface area (TPSA) is 858 Å². The second kappa shape index (κ2) is 53.5. The van der Waals surface area contributed by atoms with Crippen molar-refractivity contribution in [2.75, 3.05) is 133 Å². The van der Waals surface area contributed by atoms with E-state index in [4.69, 9.17) is 95.6 Å². The molecule has 0 unspecified atom stereocenters. The molecule has 21 heterocycles. The van der Waals surface area contributed by atoms with Crippen molar-refractivity contribution in [3.63, 3.8) is 0 Å². The third-order valence-electron chi connectivity index (χ3n) is 22.0. The lowest BCUT2D eigenvalue weighted by atomic mass is 9.95. The molecule has 0 aromatic carbocycles. The third kappa shape index (κ3) is 34.1. The van der Waals surface area contributed by atoms with Crippen LogP contribution in [-0.4, -0.2) is 514 Å². The molecule has 0 saturated carbocycles. The quantitative estimate of drug-likeness (QED) is 0.0199. The summed E-state index contributed by atoms with van der Waals surface area (Å²) in [5.41, 5.74) is 0. The third-order valence-corrected chi connectivity index (χ3v) is 31.0. The summed E-state index contributed by atoms with van der Waals surface area (Å²) in [6, 6.07) is 0. The van der Waals surface area contributed by atoms with Crippen LogP contribution in [0.1, 0.15) is 89.9 Å². The van der Waals surface area contributed by atoms with Gasteiger partial charge in [0.05, 0.1) is 86.5 Å². The average molecular weight is 2090 g/mol. The highest BCUT2D eigenvalue weighted by Crippen LogP contribution is 2.41. The van der Waals surface area contributed by atoms with Crippen molar-refractivity contribution in [2.45, 2.75) is 305 Å².